The van der Waals surface area contributed by atoms with Crippen LogP contribution in [0.3, 0.4) is 0 Å². The molecule has 1 aromatic heterocycles. The van der Waals surface area contributed by atoms with E-state index >= 15 is 0 Å². The second-order valence-corrected chi connectivity index (χ2v) is 9.70. The fourth-order valence-corrected chi connectivity index (χ4v) is 4.53. The average Bonchev–Trinajstić information content (AvgIpc) is 3.24. The minimum Gasteiger partial charge on any atom is -0.492 e. The highest BCUT2D eigenvalue weighted by Gasteiger charge is 2.31. The van der Waals surface area contributed by atoms with Crippen LogP contribution in [-0.4, -0.2) is 51.5 Å². The topological polar surface area (TPSA) is 59.8 Å². The van der Waals surface area contributed by atoms with Gasteiger partial charge in [-0.05, 0) is 55.6 Å². The highest BCUT2D eigenvalue weighted by Crippen LogP contribution is 2.26. The minimum absolute atomic E-state index is 0.103. The largest absolute Gasteiger partial charge is 0.492 e. The van der Waals surface area contributed by atoms with Gasteiger partial charge in [-0.1, -0.05) is 38.1 Å². The molecule has 0 spiro atoms. The van der Waals surface area contributed by atoms with Gasteiger partial charge >= 0.3 is 0 Å². The highest BCUT2D eigenvalue weighted by atomic mass is 19.1. The van der Waals surface area contributed by atoms with E-state index in [0.717, 1.165) is 44.2 Å². The number of hydrogen-bond acceptors (Lipinski definition) is 5. The van der Waals surface area contributed by atoms with Crippen molar-refractivity contribution in [3.05, 3.63) is 78.1 Å². The molecule has 2 aromatic carbocycles. The molecule has 188 valence electrons. The first-order valence-electron chi connectivity index (χ1n) is 12.5. The Labute approximate surface area is 207 Å². The number of halogens is 1. The van der Waals surface area contributed by atoms with Gasteiger partial charge in [-0.25, -0.2) is 9.37 Å². The van der Waals surface area contributed by atoms with E-state index in [1.54, 1.807) is 18.2 Å². The molecule has 1 aliphatic heterocycles. The van der Waals surface area contributed by atoms with Gasteiger partial charge in [0.1, 0.15) is 24.8 Å². The van der Waals surface area contributed by atoms with E-state index in [9.17, 15) is 9.50 Å². The lowest BCUT2D eigenvalue weighted by molar-refractivity contribution is -0.0177. The van der Waals surface area contributed by atoms with Crippen LogP contribution in [0.4, 0.5) is 4.39 Å². The maximum atomic E-state index is 13.8. The van der Waals surface area contributed by atoms with Gasteiger partial charge in [-0.2, -0.15) is 0 Å². The lowest BCUT2D eigenvalue weighted by atomic mass is 9.96. The van der Waals surface area contributed by atoms with E-state index < -0.39 is 11.4 Å². The number of likely N-dealkylation sites (tertiary alicyclic amines) is 1. The van der Waals surface area contributed by atoms with Gasteiger partial charge in [-0.3, -0.25) is 4.90 Å². The van der Waals surface area contributed by atoms with Crippen molar-refractivity contribution in [2.45, 2.75) is 57.7 Å². The van der Waals surface area contributed by atoms with Crippen LogP contribution in [0.15, 0.2) is 60.9 Å². The molecule has 4 rings (SSSR count). The fraction of sp³-hybridized carbons (Fsp3) is 0.464. The summed E-state index contributed by atoms with van der Waals surface area (Å²) in [5.74, 6) is 2.11. The van der Waals surface area contributed by atoms with Gasteiger partial charge in [0.25, 0.3) is 0 Å². The van der Waals surface area contributed by atoms with Crippen molar-refractivity contribution in [2.75, 3.05) is 26.3 Å². The first-order chi connectivity index (χ1) is 16.9. The number of ether oxygens (including phenoxy) is 2. The van der Waals surface area contributed by atoms with E-state index in [0.29, 0.717) is 25.4 Å². The van der Waals surface area contributed by atoms with Crippen molar-refractivity contribution in [3.8, 4) is 11.5 Å². The van der Waals surface area contributed by atoms with Gasteiger partial charge in [-0.15, -0.1) is 0 Å². The SMILES string of the molecule is CC(C)c1nccn1CCOc1ccc(CN2CCC[C@](O)(COc3ccccc3F)CC2)cc1. The maximum Gasteiger partial charge on any atom is 0.165 e. The Balaban J connectivity index is 1.23. The number of aromatic nitrogens is 2. The van der Waals surface area contributed by atoms with Crippen molar-refractivity contribution in [2.24, 2.45) is 0 Å². The van der Waals surface area contributed by atoms with E-state index in [1.807, 2.05) is 24.5 Å². The zero-order valence-electron chi connectivity index (χ0n) is 20.7. The molecule has 0 bridgehead atoms. The molecule has 1 fully saturated rings. The first kappa shape index (κ1) is 25.2. The third kappa shape index (κ3) is 7.05. The molecule has 1 saturated heterocycles. The monoisotopic (exact) mass is 481 g/mol. The number of aliphatic hydroxyl groups is 1. The van der Waals surface area contributed by atoms with E-state index in [-0.39, 0.29) is 12.4 Å². The number of benzene rings is 2. The van der Waals surface area contributed by atoms with Crippen molar-refractivity contribution < 1.29 is 19.0 Å². The molecule has 3 aromatic rings. The zero-order chi connectivity index (χ0) is 24.7. The molecule has 0 saturated carbocycles. The number of nitrogens with zero attached hydrogens (tertiary/aromatic N) is 3. The standard InChI is InChI=1S/C28H36FN3O3/c1-22(2)27-30-14-17-32(27)18-19-34-24-10-8-23(9-11-24)20-31-15-5-12-28(33,13-16-31)21-35-26-7-4-3-6-25(26)29/h3-4,6-11,14,17,22,33H,5,12-13,15-16,18-21H2,1-2H3/t28-/m1/s1. The smallest absolute Gasteiger partial charge is 0.165 e. The minimum atomic E-state index is -0.945. The van der Waals surface area contributed by atoms with Crippen LogP contribution >= 0.6 is 0 Å². The summed E-state index contributed by atoms with van der Waals surface area (Å²) in [4.78, 5) is 6.77. The van der Waals surface area contributed by atoms with E-state index in [4.69, 9.17) is 9.47 Å². The van der Waals surface area contributed by atoms with Crippen molar-refractivity contribution in [3.63, 3.8) is 0 Å². The summed E-state index contributed by atoms with van der Waals surface area (Å²) in [7, 11) is 0. The normalized spacial score (nSPS) is 19.0. The Hall–Kier alpha value is -2.90. The van der Waals surface area contributed by atoms with Crippen LogP contribution in [0, 0.1) is 5.82 Å². The molecular weight excluding hydrogens is 445 g/mol. The van der Waals surface area contributed by atoms with Crippen molar-refractivity contribution >= 4 is 0 Å². The molecule has 0 aliphatic carbocycles. The summed E-state index contributed by atoms with van der Waals surface area (Å²) in [6.07, 6.45) is 5.93. The highest BCUT2D eigenvalue weighted by molar-refractivity contribution is 5.27. The summed E-state index contributed by atoms with van der Waals surface area (Å²) in [5.41, 5.74) is 0.265. The Morgan fingerprint density at radius 2 is 1.86 bits per heavy atom. The number of hydrogen-bond donors (Lipinski definition) is 1. The summed E-state index contributed by atoms with van der Waals surface area (Å²) in [5, 5.41) is 11.0. The Bertz CT molecular complexity index is 1070. The molecule has 0 radical (unpaired) electrons. The van der Waals surface area contributed by atoms with E-state index in [1.165, 1.54) is 11.6 Å². The Morgan fingerprint density at radius 1 is 1.06 bits per heavy atom. The fourth-order valence-electron chi connectivity index (χ4n) is 4.53. The van der Waals surface area contributed by atoms with Gasteiger partial charge in [0.05, 0.1) is 12.1 Å². The van der Waals surface area contributed by atoms with Crippen LogP contribution in [0.25, 0.3) is 0 Å². The summed E-state index contributed by atoms with van der Waals surface area (Å²) >= 11 is 0. The van der Waals surface area contributed by atoms with Crippen LogP contribution < -0.4 is 9.47 Å². The van der Waals surface area contributed by atoms with Crippen LogP contribution in [-0.2, 0) is 13.1 Å². The maximum absolute atomic E-state index is 13.8. The van der Waals surface area contributed by atoms with E-state index in [2.05, 4.69) is 40.4 Å². The lowest BCUT2D eigenvalue weighted by Gasteiger charge is -2.27. The number of para-hydroxylation sites is 1. The predicted molar refractivity (Wildman–Crippen MR) is 134 cm³/mol. The lowest BCUT2D eigenvalue weighted by Crippen LogP contribution is -2.37. The summed E-state index contributed by atoms with van der Waals surface area (Å²) < 4.78 is 27.5. The van der Waals surface area contributed by atoms with Crippen LogP contribution in [0.2, 0.25) is 0 Å². The molecule has 1 aliphatic rings. The zero-order valence-corrected chi connectivity index (χ0v) is 20.7. The van der Waals surface area contributed by atoms with Crippen molar-refractivity contribution in [1.29, 1.82) is 0 Å². The van der Waals surface area contributed by atoms with Gasteiger partial charge in [0.15, 0.2) is 11.6 Å². The molecule has 0 unspecified atom stereocenters. The molecule has 7 heteroatoms. The van der Waals surface area contributed by atoms with Crippen LogP contribution in [0.5, 0.6) is 11.5 Å². The molecule has 35 heavy (non-hydrogen) atoms. The molecule has 2 heterocycles. The Kier molecular flexibility index (Phi) is 8.42. The second kappa shape index (κ2) is 11.7. The molecule has 1 N–H and O–H groups in total. The van der Waals surface area contributed by atoms with Crippen LogP contribution in [0.1, 0.15) is 50.4 Å². The third-order valence-electron chi connectivity index (χ3n) is 6.54. The first-order valence-corrected chi connectivity index (χ1v) is 12.5. The van der Waals surface area contributed by atoms with Gasteiger partial charge in [0.2, 0.25) is 0 Å². The number of imidazole rings is 1. The Morgan fingerprint density at radius 3 is 2.63 bits per heavy atom. The average molecular weight is 482 g/mol. The van der Waals surface area contributed by atoms with Gasteiger partial charge < -0.3 is 19.1 Å². The molecule has 6 nitrogen and oxygen atoms in total. The second-order valence-electron chi connectivity index (χ2n) is 9.70. The third-order valence-corrected chi connectivity index (χ3v) is 6.54. The molecule has 0 amide bonds. The molecule has 1 atom stereocenters. The molecular formula is C28H36FN3O3. The predicted octanol–water partition coefficient (Wildman–Crippen LogP) is 5.02. The summed E-state index contributed by atoms with van der Waals surface area (Å²) in [6, 6.07) is 14.6. The number of rotatable bonds is 10. The van der Waals surface area contributed by atoms with Crippen molar-refractivity contribution in [1.82, 2.24) is 14.5 Å². The quantitative estimate of drug-likeness (QED) is 0.441. The van der Waals surface area contributed by atoms with Gasteiger partial charge in [0, 0.05) is 31.4 Å². The summed E-state index contributed by atoms with van der Waals surface area (Å²) in [6.45, 7) is 8.23.